The first-order valence-electron chi connectivity index (χ1n) is 6.75. The van der Waals surface area contributed by atoms with Crippen LogP contribution in [0.2, 0.25) is 0 Å². The van der Waals surface area contributed by atoms with E-state index in [-0.39, 0.29) is 36.0 Å². The van der Waals surface area contributed by atoms with E-state index in [1.54, 1.807) is 37.0 Å². The zero-order chi connectivity index (χ0) is 16.0. The average Bonchev–Trinajstić information content (AvgIpc) is 2.45. The summed E-state index contributed by atoms with van der Waals surface area (Å²) in [5.41, 5.74) is 6.48. The summed E-state index contributed by atoms with van der Waals surface area (Å²) < 4.78 is 0. The van der Waals surface area contributed by atoms with Crippen LogP contribution in [0.5, 0.6) is 0 Å². The number of non-ortho nitro benzene ring substituents is 1. The highest BCUT2D eigenvalue weighted by molar-refractivity contribution is 5.85. The fourth-order valence-electron chi connectivity index (χ4n) is 1.89. The van der Waals surface area contributed by atoms with Crippen molar-refractivity contribution < 1.29 is 9.72 Å². The minimum absolute atomic E-state index is 0. The van der Waals surface area contributed by atoms with Crippen LogP contribution in [0.1, 0.15) is 19.4 Å². The van der Waals surface area contributed by atoms with E-state index < -0.39 is 4.92 Å². The molecular weight excluding hydrogens is 306 g/mol. The minimum atomic E-state index is -0.451. The molecule has 22 heavy (non-hydrogen) atoms. The van der Waals surface area contributed by atoms with Crippen LogP contribution in [-0.4, -0.2) is 28.3 Å². The Morgan fingerprint density at radius 3 is 2.64 bits per heavy atom. The third kappa shape index (κ3) is 5.46. The first-order chi connectivity index (χ1) is 9.86. The maximum Gasteiger partial charge on any atom is 0.269 e. The van der Waals surface area contributed by atoms with Gasteiger partial charge in [0.05, 0.1) is 10.8 Å². The summed E-state index contributed by atoms with van der Waals surface area (Å²) in [4.78, 5) is 24.3. The van der Waals surface area contributed by atoms with Gasteiger partial charge in [0, 0.05) is 31.3 Å². The Labute approximate surface area is 136 Å². The molecule has 7 heteroatoms. The van der Waals surface area contributed by atoms with Crippen LogP contribution in [0.15, 0.2) is 36.9 Å². The van der Waals surface area contributed by atoms with E-state index in [9.17, 15) is 14.9 Å². The van der Waals surface area contributed by atoms with Gasteiger partial charge in [0.15, 0.2) is 0 Å². The third-order valence-corrected chi connectivity index (χ3v) is 3.33. The van der Waals surface area contributed by atoms with Crippen LogP contribution in [0, 0.1) is 16.0 Å². The molecule has 0 fully saturated rings. The number of hydrogen-bond donors (Lipinski definition) is 1. The summed E-state index contributed by atoms with van der Waals surface area (Å²) in [7, 11) is 0. The van der Waals surface area contributed by atoms with Gasteiger partial charge in [-0.1, -0.05) is 25.1 Å². The van der Waals surface area contributed by atoms with Crippen LogP contribution >= 0.6 is 12.4 Å². The Morgan fingerprint density at radius 2 is 2.14 bits per heavy atom. The second kappa shape index (κ2) is 9.17. The molecule has 0 aliphatic carbocycles. The van der Waals surface area contributed by atoms with Gasteiger partial charge >= 0.3 is 0 Å². The van der Waals surface area contributed by atoms with Crippen molar-refractivity contribution in [3.63, 3.8) is 0 Å². The number of carbonyl (C=O) groups is 1. The lowest BCUT2D eigenvalue weighted by atomic mass is 10.0. The molecule has 6 nitrogen and oxygen atoms in total. The first kappa shape index (κ1) is 20.1. The van der Waals surface area contributed by atoms with Gasteiger partial charge in [-0.2, -0.15) is 0 Å². The molecule has 2 N–H and O–H groups in total. The van der Waals surface area contributed by atoms with E-state index in [1.165, 1.54) is 12.1 Å². The van der Waals surface area contributed by atoms with Gasteiger partial charge in [0.2, 0.25) is 5.91 Å². The summed E-state index contributed by atoms with van der Waals surface area (Å²) >= 11 is 0. The smallest absolute Gasteiger partial charge is 0.269 e. The highest BCUT2D eigenvalue weighted by Crippen LogP contribution is 2.16. The number of benzene rings is 1. The normalized spacial score (nSPS) is 12.7. The Kier molecular flexibility index (Phi) is 8.37. The van der Waals surface area contributed by atoms with Gasteiger partial charge in [-0.3, -0.25) is 14.9 Å². The summed E-state index contributed by atoms with van der Waals surface area (Å²) in [5.74, 6) is -0.403. The number of halogens is 1. The molecule has 2 atom stereocenters. The summed E-state index contributed by atoms with van der Waals surface area (Å²) in [6, 6.07) is 6.01. The van der Waals surface area contributed by atoms with Gasteiger partial charge in [-0.05, 0) is 12.5 Å². The lowest BCUT2D eigenvalue weighted by Crippen LogP contribution is -2.41. The molecular formula is C15H22ClN3O3. The largest absolute Gasteiger partial charge is 0.334 e. The monoisotopic (exact) mass is 327 g/mol. The number of nitro groups is 1. The second-order valence-electron chi connectivity index (χ2n) is 5.08. The number of rotatable bonds is 7. The fraction of sp³-hybridized carbons (Fsp3) is 0.400. The molecule has 1 amide bonds. The molecule has 1 aromatic rings. The van der Waals surface area contributed by atoms with Crippen LogP contribution in [0.25, 0.3) is 0 Å². The lowest BCUT2D eigenvalue weighted by Gasteiger charge is -2.26. The van der Waals surface area contributed by atoms with Crippen molar-refractivity contribution in [1.29, 1.82) is 0 Å². The number of nitro benzene ring substituents is 1. The van der Waals surface area contributed by atoms with Crippen molar-refractivity contribution in [3.05, 3.63) is 52.6 Å². The molecule has 0 bridgehead atoms. The van der Waals surface area contributed by atoms with E-state index in [4.69, 9.17) is 5.73 Å². The quantitative estimate of drug-likeness (QED) is 0.473. The SMILES string of the molecule is C=CCN(Cc1cccc([N+](=O)[O-])c1)C(=O)C(C)C(C)N.Cl. The van der Waals surface area contributed by atoms with E-state index in [0.717, 1.165) is 0 Å². The molecule has 1 aromatic carbocycles. The number of amides is 1. The first-order valence-corrected chi connectivity index (χ1v) is 6.75. The summed E-state index contributed by atoms with van der Waals surface area (Å²) in [6.45, 7) is 7.86. The van der Waals surface area contributed by atoms with Crippen molar-refractivity contribution in [1.82, 2.24) is 4.90 Å². The lowest BCUT2D eigenvalue weighted by molar-refractivity contribution is -0.384. The molecule has 0 aromatic heterocycles. The van der Waals surface area contributed by atoms with Crippen LogP contribution in [-0.2, 0) is 11.3 Å². The molecule has 0 spiro atoms. The average molecular weight is 328 g/mol. The standard InChI is InChI=1S/C15H21N3O3.ClH/c1-4-8-17(15(19)11(2)12(3)16)10-13-6-5-7-14(9-13)18(20)21;/h4-7,9,11-12H,1,8,10,16H2,2-3H3;1H. The zero-order valence-electron chi connectivity index (χ0n) is 12.8. The van der Waals surface area contributed by atoms with Crippen LogP contribution < -0.4 is 5.73 Å². The van der Waals surface area contributed by atoms with Crippen LogP contribution in [0.4, 0.5) is 5.69 Å². The molecule has 0 heterocycles. The van der Waals surface area contributed by atoms with Crippen molar-refractivity contribution in [2.45, 2.75) is 26.4 Å². The van der Waals surface area contributed by atoms with Crippen molar-refractivity contribution >= 4 is 24.0 Å². The number of carbonyl (C=O) groups excluding carboxylic acids is 1. The summed E-state index contributed by atoms with van der Waals surface area (Å²) in [5, 5.41) is 10.8. The fourth-order valence-corrected chi connectivity index (χ4v) is 1.89. The van der Waals surface area contributed by atoms with Crippen LogP contribution in [0.3, 0.4) is 0 Å². The van der Waals surface area contributed by atoms with Gasteiger partial charge in [-0.15, -0.1) is 19.0 Å². The van der Waals surface area contributed by atoms with Gasteiger partial charge in [0.25, 0.3) is 5.69 Å². The van der Waals surface area contributed by atoms with Crippen molar-refractivity contribution in [3.8, 4) is 0 Å². The topological polar surface area (TPSA) is 89.5 Å². The molecule has 0 aliphatic rings. The Balaban J connectivity index is 0.00000441. The predicted molar refractivity (Wildman–Crippen MR) is 88.8 cm³/mol. The molecule has 0 saturated heterocycles. The Bertz CT molecular complexity index is 535. The Morgan fingerprint density at radius 1 is 1.50 bits per heavy atom. The number of hydrogen-bond acceptors (Lipinski definition) is 4. The van der Waals surface area contributed by atoms with Crippen molar-refractivity contribution in [2.24, 2.45) is 11.7 Å². The number of nitrogens with two attached hydrogens (primary N) is 1. The highest BCUT2D eigenvalue weighted by atomic mass is 35.5. The second-order valence-corrected chi connectivity index (χ2v) is 5.08. The van der Waals surface area contributed by atoms with Gasteiger partial charge < -0.3 is 10.6 Å². The zero-order valence-corrected chi connectivity index (χ0v) is 13.6. The molecule has 0 saturated carbocycles. The molecule has 1 rings (SSSR count). The number of nitrogens with zero attached hydrogens (tertiary/aromatic N) is 2. The highest BCUT2D eigenvalue weighted by Gasteiger charge is 2.23. The molecule has 0 aliphatic heterocycles. The minimum Gasteiger partial charge on any atom is -0.334 e. The van der Waals surface area contributed by atoms with E-state index in [2.05, 4.69) is 6.58 Å². The summed E-state index contributed by atoms with van der Waals surface area (Å²) in [6.07, 6.45) is 1.63. The molecule has 122 valence electrons. The maximum atomic E-state index is 12.4. The van der Waals surface area contributed by atoms with E-state index >= 15 is 0 Å². The molecule has 2 unspecified atom stereocenters. The maximum absolute atomic E-state index is 12.4. The Hall–Kier alpha value is -1.92. The van der Waals surface area contributed by atoms with Gasteiger partial charge in [0.1, 0.15) is 0 Å². The van der Waals surface area contributed by atoms with Gasteiger partial charge in [-0.25, -0.2) is 0 Å². The van der Waals surface area contributed by atoms with E-state index in [0.29, 0.717) is 18.7 Å². The molecule has 0 radical (unpaired) electrons. The third-order valence-electron chi connectivity index (χ3n) is 3.33. The van der Waals surface area contributed by atoms with E-state index in [1.807, 2.05) is 0 Å². The van der Waals surface area contributed by atoms with Crippen molar-refractivity contribution in [2.75, 3.05) is 6.54 Å². The predicted octanol–water partition coefficient (Wildman–Crippen LogP) is 2.51.